The third-order valence-electron chi connectivity index (χ3n) is 2.34. The number of nitrogens with one attached hydrogen (secondary N) is 1. The first-order valence-electron chi connectivity index (χ1n) is 4.85. The van der Waals surface area contributed by atoms with Gasteiger partial charge < -0.3 is 0 Å². The Morgan fingerprint density at radius 2 is 1.84 bits per heavy atom. The van der Waals surface area contributed by atoms with Gasteiger partial charge in [-0.15, -0.1) is 0 Å². The summed E-state index contributed by atoms with van der Waals surface area (Å²) in [7, 11) is 0. The van der Waals surface area contributed by atoms with Crippen molar-refractivity contribution in [3.63, 3.8) is 0 Å². The van der Waals surface area contributed by atoms with Gasteiger partial charge in [-0.2, -0.15) is 5.26 Å². The molecule has 0 saturated heterocycles. The predicted molar refractivity (Wildman–Crippen MR) is 57.2 cm³/mol. The van der Waals surface area contributed by atoms with Crippen molar-refractivity contribution in [1.29, 1.82) is 5.26 Å². The molecule has 0 spiro atoms. The second kappa shape index (κ2) is 4.45. The molecule has 0 bridgehead atoms. The first-order chi connectivity index (χ1) is 8.95. The average molecular weight is 267 g/mol. The van der Waals surface area contributed by atoms with E-state index in [9.17, 15) is 22.8 Å². The van der Waals surface area contributed by atoms with Crippen molar-refractivity contribution in [2.45, 2.75) is 0 Å². The van der Waals surface area contributed by atoms with Crippen LogP contribution in [0.3, 0.4) is 0 Å². The molecule has 1 N–H and O–H groups in total. The van der Waals surface area contributed by atoms with E-state index in [1.54, 1.807) is 4.98 Å². The number of halogens is 3. The van der Waals surface area contributed by atoms with Gasteiger partial charge in [0.1, 0.15) is 11.6 Å². The highest BCUT2D eigenvalue weighted by Crippen LogP contribution is 2.17. The standard InChI is InChI=1S/C11H4F3N3O2/c12-6-1-2-7(9(14)8(6)13)17-4-5(3-15)10(18)16-11(17)19/h1-2,4H,(H,16,18,19). The van der Waals surface area contributed by atoms with Crippen molar-refractivity contribution >= 4 is 0 Å². The van der Waals surface area contributed by atoms with Crippen LogP contribution in [0.2, 0.25) is 0 Å². The first kappa shape index (κ1) is 12.6. The van der Waals surface area contributed by atoms with Crippen LogP contribution in [0.1, 0.15) is 5.56 Å². The van der Waals surface area contributed by atoms with Gasteiger partial charge in [-0.05, 0) is 12.1 Å². The molecule has 1 aromatic carbocycles. The number of H-pyrrole nitrogens is 1. The minimum atomic E-state index is -1.76. The maximum atomic E-state index is 13.5. The fourth-order valence-corrected chi connectivity index (χ4v) is 1.43. The summed E-state index contributed by atoms with van der Waals surface area (Å²) in [5, 5.41) is 8.64. The van der Waals surface area contributed by atoms with Gasteiger partial charge in [0.25, 0.3) is 5.56 Å². The second-order valence-electron chi connectivity index (χ2n) is 3.48. The molecule has 0 radical (unpaired) electrons. The number of hydrogen-bond acceptors (Lipinski definition) is 3. The Kier molecular flexibility index (Phi) is 2.96. The molecule has 0 aliphatic carbocycles. The van der Waals surface area contributed by atoms with Crippen LogP contribution >= 0.6 is 0 Å². The molecule has 0 atom stereocenters. The zero-order chi connectivity index (χ0) is 14.2. The molecule has 1 heterocycles. The van der Waals surface area contributed by atoms with Gasteiger partial charge in [-0.3, -0.25) is 14.3 Å². The molecule has 0 amide bonds. The predicted octanol–water partition coefficient (Wildman–Crippen LogP) is 0.815. The minimum absolute atomic E-state index is 0.469. The molecule has 5 nitrogen and oxygen atoms in total. The van der Waals surface area contributed by atoms with E-state index in [2.05, 4.69) is 0 Å². The molecule has 96 valence electrons. The van der Waals surface area contributed by atoms with Crippen molar-refractivity contribution in [3.05, 3.63) is 62.2 Å². The molecular weight excluding hydrogens is 263 g/mol. The number of aromatic nitrogens is 2. The van der Waals surface area contributed by atoms with E-state index in [1.165, 1.54) is 6.07 Å². The summed E-state index contributed by atoms with van der Waals surface area (Å²) in [5.41, 5.74) is -3.11. The highest BCUT2D eigenvalue weighted by atomic mass is 19.2. The average Bonchev–Trinajstić information content (AvgIpc) is 2.37. The van der Waals surface area contributed by atoms with Crippen LogP contribution in [0.15, 0.2) is 27.9 Å². The quantitative estimate of drug-likeness (QED) is 0.777. The number of benzene rings is 1. The molecule has 0 unspecified atom stereocenters. The van der Waals surface area contributed by atoms with Gasteiger partial charge in [-0.25, -0.2) is 18.0 Å². The zero-order valence-electron chi connectivity index (χ0n) is 9.08. The molecule has 0 saturated carbocycles. The first-order valence-corrected chi connectivity index (χ1v) is 4.85. The number of rotatable bonds is 1. The van der Waals surface area contributed by atoms with Crippen molar-refractivity contribution in [2.75, 3.05) is 0 Å². The van der Waals surface area contributed by atoms with Crippen molar-refractivity contribution in [2.24, 2.45) is 0 Å². The molecule has 0 aliphatic rings. The van der Waals surface area contributed by atoms with Crippen molar-refractivity contribution < 1.29 is 13.2 Å². The highest BCUT2D eigenvalue weighted by molar-refractivity contribution is 5.36. The van der Waals surface area contributed by atoms with Crippen molar-refractivity contribution in [1.82, 2.24) is 9.55 Å². The maximum absolute atomic E-state index is 13.5. The largest absolute Gasteiger partial charge is 0.333 e. The molecule has 8 heteroatoms. The Morgan fingerprint density at radius 1 is 1.16 bits per heavy atom. The molecule has 0 fully saturated rings. The lowest BCUT2D eigenvalue weighted by Crippen LogP contribution is -2.30. The summed E-state index contributed by atoms with van der Waals surface area (Å²) in [6.07, 6.45) is 0.747. The third-order valence-corrected chi connectivity index (χ3v) is 2.34. The monoisotopic (exact) mass is 267 g/mol. The van der Waals surface area contributed by atoms with E-state index < -0.39 is 40.0 Å². The number of nitrogens with zero attached hydrogens (tertiary/aromatic N) is 2. The maximum Gasteiger partial charge on any atom is 0.333 e. The van der Waals surface area contributed by atoms with E-state index >= 15 is 0 Å². The number of hydrogen-bond donors (Lipinski definition) is 1. The van der Waals surface area contributed by atoms with Gasteiger partial charge in [-0.1, -0.05) is 0 Å². The van der Waals surface area contributed by atoms with Crippen LogP contribution in [-0.4, -0.2) is 9.55 Å². The molecule has 2 rings (SSSR count). The number of nitriles is 1. The van der Waals surface area contributed by atoms with E-state index in [0.29, 0.717) is 10.6 Å². The summed E-state index contributed by atoms with van der Waals surface area (Å²) in [4.78, 5) is 24.4. The smallest absolute Gasteiger partial charge is 0.273 e. The minimum Gasteiger partial charge on any atom is -0.273 e. The van der Waals surface area contributed by atoms with Crippen LogP contribution in [0.4, 0.5) is 13.2 Å². The molecule has 2 aromatic rings. The Balaban J connectivity index is 2.81. The van der Waals surface area contributed by atoms with Crippen LogP contribution in [0.25, 0.3) is 5.69 Å². The fourth-order valence-electron chi connectivity index (χ4n) is 1.43. The molecule has 1 aromatic heterocycles. The van der Waals surface area contributed by atoms with Crippen LogP contribution in [-0.2, 0) is 0 Å². The van der Waals surface area contributed by atoms with Gasteiger partial charge in [0.05, 0.1) is 5.69 Å². The van der Waals surface area contributed by atoms with E-state index in [-0.39, 0.29) is 0 Å². The Bertz CT molecular complexity index is 817. The third kappa shape index (κ3) is 2.01. The van der Waals surface area contributed by atoms with Gasteiger partial charge in [0.2, 0.25) is 0 Å². The van der Waals surface area contributed by atoms with Gasteiger partial charge in [0.15, 0.2) is 17.5 Å². The van der Waals surface area contributed by atoms with Crippen molar-refractivity contribution in [3.8, 4) is 11.8 Å². The summed E-state index contributed by atoms with van der Waals surface area (Å²) < 4.78 is 39.9. The SMILES string of the molecule is N#Cc1cn(-c2ccc(F)c(F)c2F)c(=O)[nH]c1=O. The molecule has 19 heavy (non-hydrogen) atoms. The van der Waals surface area contributed by atoms with Gasteiger partial charge in [0, 0.05) is 6.20 Å². The second-order valence-corrected chi connectivity index (χ2v) is 3.48. The van der Waals surface area contributed by atoms with E-state index in [4.69, 9.17) is 5.26 Å². The lowest BCUT2D eigenvalue weighted by molar-refractivity contribution is 0.444. The van der Waals surface area contributed by atoms with Crippen LogP contribution in [0, 0.1) is 28.8 Å². The summed E-state index contributed by atoms with van der Waals surface area (Å²) >= 11 is 0. The lowest BCUT2D eigenvalue weighted by atomic mass is 10.2. The fraction of sp³-hybridized carbons (Fsp3) is 0. The highest BCUT2D eigenvalue weighted by Gasteiger charge is 2.16. The summed E-state index contributed by atoms with van der Waals surface area (Å²) in [6.45, 7) is 0. The Hall–Kier alpha value is -2.82. The normalized spacial score (nSPS) is 10.2. The van der Waals surface area contributed by atoms with Crippen LogP contribution < -0.4 is 11.2 Å². The van der Waals surface area contributed by atoms with Crippen LogP contribution in [0.5, 0.6) is 0 Å². The Morgan fingerprint density at radius 3 is 2.47 bits per heavy atom. The Labute approximate surface area is 103 Å². The number of aromatic amines is 1. The van der Waals surface area contributed by atoms with Gasteiger partial charge >= 0.3 is 5.69 Å². The topological polar surface area (TPSA) is 78.7 Å². The van der Waals surface area contributed by atoms with E-state index in [0.717, 1.165) is 12.3 Å². The summed E-state index contributed by atoms with van der Waals surface area (Å²) in [5.74, 6) is -4.77. The summed E-state index contributed by atoms with van der Waals surface area (Å²) in [6, 6.07) is 2.92. The molecule has 0 aliphatic heterocycles. The molecular formula is C11H4F3N3O2. The zero-order valence-corrected chi connectivity index (χ0v) is 9.08. The lowest BCUT2D eigenvalue weighted by Gasteiger charge is -2.07. The van der Waals surface area contributed by atoms with E-state index in [1.807, 2.05) is 0 Å².